The van der Waals surface area contributed by atoms with Crippen molar-refractivity contribution < 1.29 is 9.53 Å². The van der Waals surface area contributed by atoms with Crippen molar-refractivity contribution in [2.24, 2.45) is 7.05 Å². The summed E-state index contributed by atoms with van der Waals surface area (Å²) in [5, 5.41) is 7.79. The maximum atomic E-state index is 11.6. The molecule has 0 spiro atoms. The Bertz CT molecular complexity index is 450. The van der Waals surface area contributed by atoms with Crippen LogP contribution in [0.3, 0.4) is 0 Å². The molecular formula is C14H24N4O2. The van der Waals surface area contributed by atoms with Crippen molar-refractivity contribution in [1.82, 2.24) is 20.0 Å². The summed E-state index contributed by atoms with van der Waals surface area (Å²) in [6.07, 6.45) is 3.67. The standard InChI is InChI=1S/C14H24N4O2/c1-4-20-14(19)18-7-5-13(6-8-18)15-9-12-10-16-17(3)11(12)2/h10,13,15H,4-9H2,1-3H3. The average Bonchev–Trinajstić information content (AvgIpc) is 2.77. The van der Waals surface area contributed by atoms with E-state index in [1.807, 2.05) is 24.9 Å². The molecule has 2 heterocycles. The first kappa shape index (κ1) is 14.8. The molecule has 0 atom stereocenters. The molecule has 20 heavy (non-hydrogen) atoms. The number of aromatic nitrogens is 2. The van der Waals surface area contributed by atoms with Gasteiger partial charge in [-0.3, -0.25) is 4.68 Å². The van der Waals surface area contributed by atoms with Gasteiger partial charge < -0.3 is 15.0 Å². The Kier molecular flexibility index (Phi) is 5.00. The number of amides is 1. The smallest absolute Gasteiger partial charge is 0.409 e. The number of nitrogens with zero attached hydrogens (tertiary/aromatic N) is 3. The molecule has 1 fully saturated rings. The van der Waals surface area contributed by atoms with Crippen LogP contribution in [0.15, 0.2) is 6.20 Å². The third kappa shape index (κ3) is 3.50. The maximum Gasteiger partial charge on any atom is 0.409 e. The summed E-state index contributed by atoms with van der Waals surface area (Å²) < 4.78 is 6.91. The van der Waals surface area contributed by atoms with Gasteiger partial charge in [0.25, 0.3) is 0 Å². The molecule has 0 saturated carbocycles. The first-order valence-electron chi connectivity index (χ1n) is 7.24. The summed E-state index contributed by atoms with van der Waals surface area (Å²) >= 11 is 0. The van der Waals surface area contributed by atoms with E-state index in [-0.39, 0.29) is 6.09 Å². The van der Waals surface area contributed by atoms with Gasteiger partial charge in [0, 0.05) is 44.0 Å². The van der Waals surface area contributed by atoms with Crippen LogP contribution in [0.1, 0.15) is 31.0 Å². The van der Waals surface area contributed by atoms with E-state index in [0.29, 0.717) is 12.6 Å². The molecule has 1 aromatic heterocycles. The number of piperidine rings is 1. The fourth-order valence-corrected chi connectivity index (χ4v) is 2.45. The van der Waals surface area contributed by atoms with Crippen LogP contribution in [0.4, 0.5) is 4.79 Å². The lowest BCUT2D eigenvalue weighted by Crippen LogP contribution is -2.44. The summed E-state index contributed by atoms with van der Waals surface area (Å²) in [5.41, 5.74) is 2.43. The van der Waals surface area contributed by atoms with Gasteiger partial charge in [0.2, 0.25) is 0 Å². The monoisotopic (exact) mass is 280 g/mol. The Morgan fingerprint density at radius 1 is 1.50 bits per heavy atom. The number of aryl methyl sites for hydroxylation is 1. The first-order chi connectivity index (χ1) is 9.61. The Morgan fingerprint density at radius 2 is 2.20 bits per heavy atom. The van der Waals surface area contributed by atoms with Crippen LogP contribution in [0.25, 0.3) is 0 Å². The van der Waals surface area contributed by atoms with Crippen LogP contribution in [-0.2, 0) is 18.3 Å². The van der Waals surface area contributed by atoms with E-state index in [9.17, 15) is 4.79 Å². The number of hydrogen-bond donors (Lipinski definition) is 1. The Morgan fingerprint density at radius 3 is 2.75 bits per heavy atom. The number of ether oxygens (including phenoxy) is 1. The predicted octanol–water partition coefficient (Wildman–Crippen LogP) is 1.44. The molecule has 112 valence electrons. The van der Waals surface area contributed by atoms with Crippen LogP contribution in [0, 0.1) is 6.92 Å². The quantitative estimate of drug-likeness (QED) is 0.906. The highest BCUT2D eigenvalue weighted by Gasteiger charge is 2.23. The van der Waals surface area contributed by atoms with Crippen molar-refractivity contribution in [3.8, 4) is 0 Å². The van der Waals surface area contributed by atoms with E-state index < -0.39 is 0 Å². The molecule has 1 aliphatic rings. The third-order valence-corrected chi connectivity index (χ3v) is 3.94. The normalized spacial score (nSPS) is 16.4. The van der Waals surface area contributed by atoms with Crippen molar-refractivity contribution in [3.63, 3.8) is 0 Å². The second-order valence-corrected chi connectivity index (χ2v) is 5.22. The maximum absolute atomic E-state index is 11.6. The Labute approximate surface area is 120 Å². The van der Waals surface area contributed by atoms with Gasteiger partial charge >= 0.3 is 6.09 Å². The number of nitrogens with one attached hydrogen (secondary N) is 1. The minimum atomic E-state index is -0.186. The minimum absolute atomic E-state index is 0.186. The summed E-state index contributed by atoms with van der Waals surface area (Å²) in [4.78, 5) is 13.4. The summed E-state index contributed by atoms with van der Waals surface area (Å²) in [5.74, 6) is 0. The zero-order valence-corrected chi connectivity index (χ0v) is 12.6. The van der Waals surface area contributed by atoms with E-state index >= 15 is 0 Å². The van der Waals surface area contributed by atoms with Gasteiger partial charge in [-0.15, -0.1) is 0 Å². The number of rotatable bonds is 4. The zero-order valence-electron chi connectivity index (χ0n) is 12.6. The van der Waals surface area contributed by atoms with Crippen molar-refractivity contribution >= 4 is 6.09 Å². The van der Waals surface area contributed by atoms with Crippen molar-refractivity contribution in [1.29, 1.82) is 0 Å². The molecule has 1 saturated heterocycles. The lowest BCUT2D eigenvalue weighted by molar-refractivity contribution is 0.0950. The van der Waals surface area contributed by atoms with Crippen LogP contribution in [0.2, 0.25) is 0 Å². The van der Waals surface area contributed by atoms with Crippen molar-refractivity contribution in [3.05, 3.63) is 17.5 Å². The van der Waals surface area contributed by atoms with E-state index in [2.05, 4.69) is 17.3 Å². The van der Waals surface area contributed by atoms with Gasteiger partial charge in [-0.1, -0.05) is 0 Å². The first-order valence-corrected chi connectivity index (χ1v) is 7.24. The van der Waals surface area contributed by atoms with Gasteiger partial charge in [0.15, 0.2) is 0 Å². The average molecular weight is 280 g/mol. The molecule has 0 radical (unpaired) electrons. The van der Waals surface area contributed by atoms with Gasteiger partial charge in [0.1, 0.15) is 0 Å². The topological polar surface area (TPSA) is 59.4 Å². The lowest BCUT2D eigenvalue weighted by Gasteiger charge is -2.31. The molecule has 6 nitrogen and oxygen atoms in total. The molecule has 1 aliphatic heterocycles. The van der Waals surface area contributed by atoms with E-state index in [1.54, 1.807) is 4.90 Å². The van der Waals surface area contributed by atoms with Crippen molar-refractivity contribution in [2.45, 2.75) is 39.3 Å². The number of carbonyl (C=O) groups excluding carboxylic acids is 1. The van der Waals surface area contributed by atoms with Crippen LogP contribution in [-0.4, -0.2) is 46.5 Å². The molecule has 0 bridgehead atoms. The minimum Gasteiger partial charge on any atom is -0.450 e. The second-order valence-electron chi connectivity index (χ2n) is 5.22. The molecule has 0 unspecified atom stereocenters. The third-order valence-electron chi connectivity index (χ3n) is 3.94. The number of hydrogen-bond acceptors (Lipinski definition) is 4. The molecule has 1 amide bonds. The van der Waals surface area contributed by atoms with E-state index in [0.717, 1.165) is 32.5 Å². The fourth-order valence-electron chi connectivity index (χ4n) is 2.45. The predicted molar refractivity (Wildman–Crippen MR) is 76.4 cm³/mol. The van der Waals surface area contributed by atoms with Gasteiger partial charge in [-0.05, 0) is 26.7 Å². The summed E-state index contributed by atoms with van der Waals surface area (Å²) in [6.45, 7) is 6.72. The summed E-state index contributed by atoms with van der Waals surface area (Å²) in [7, 11) is 1.96. The second kappa shape index (κ2) is 6.74. The molecule has 0 aromatic carbocycles. The lowest BCUT2D eigenvalue weighted by atomic mass is 10.1. The fraction of sp³-hybridized carbons (Fsp3) is 0.714. The molecule has 0 aliphatic carbocycles. The molecular weight excluding hydrogens is 256 g/mol. The van der Waals surface area contributed by atoms with Gasteiger partial charge in [0.05, 0.1) is 12.8 Å². The zero-order chi connectivity index (χ0) is 14.5. The Hall–Kier alpha value is -1.56. The number of carbonyl (C=O) groups is 1. The highest BCUT2D eigenvalue weighted by Crippen LogP contribution is 2.13. The highest BCUT2D eigenvalue weighted by molar-refractivity contribution is 5.67. The molecule has 6 heteroatoms. The Balaban J connectivity index is 1.75. The molecule has 2 rings (SSSR count). The molecule has 1 aromatic rings. The van der Waals surface area contributed by atoms with Crippen LogP contribution in [0.5, 0.6) is 0 Å². The van der Waals surface area contributed by atoms with Gasteiger partial charge in [-0.2, -0.15) is 5.10 Å². The SMILES string of the molecule is CCOC(=O)N1CCC(NCc2cnn(C)c2C)CC1. The molecule has 1 N–H and O–H groups in total. The highest BCUT2D eigenvalue weighted by atomic mass is 16.6. The van der Waals surface area contributed by atoms with Gasteiger partial charge in [-0.25, -0.2) is 4.79 Å². The van der Waals surface area contributed by atoms with Crippen LogP contribution >= 0.6 is 0 Å². The summed E-state index contributed by atoms with van der Waals surface area (Å²) in [6, 6.07) is 0.459. The van der Waals surface area contributed by atoms with Crippen molar-refractivity contribution in [2.75, 3.05) is 19.7 Å². The van der Waals surface area contributed by atoms with Crippen LogP contribution < -0.4 is 5.32 Å². The largest absolute Gasteiger partial charge is 0.450 e. The van der Waals surface area contributed by atoms with E-state index in [4.69, 9.17) is 4.74 Å². The number of likely N-dealkylation sites (tertiary alicyclic amines) is 1. The van der Waals surface area contributed by atoms with E-state index in [1.165, 1.54) is 11.3 Å².